The van der Waals surface area contributed by atoms with Gasteiger partial charge in [-0.05, 0) is 24.3 Å². The molecule has 1 aliphatic rings. The van der Waals surface area contributed by atoms with E-state index in [1.165, 1.54) is 4.90 Å². The average molecular weight is 235 g/mol. The lowest BCUT2D eigenvalue weighted by molar-refractivity contribution is -0.919. The molecule has 2 rings (SSSR count). The first-order valence-corrected chi connectivity index (χ1v) is 6.00. The Kier molecular flexibility index (Phi) is 3.64. The predicted molar refractivity (Wildman–Crippen MR) is 60.4 cm³/mol. The van der Waals surface area contributed by atoms with E-state index >= 15 is 0 Å². The number of carboxylic acids is 1. The van der Waals surface area contributed by atoms with Crippen LogP contribution in [0.1, 0.15) is 30.9 Å². The number of carbonyl (C=O) groups is 1. The monoisotopic (exact) mass is 235 g/mol. The van der Waals surface area contributed by atoms with Crippen LogP contribution >= 0.6 is 0 Å². The number of likely N-dealkylation sites (tertiary alicyclic amines) is 1. The van der Waals surface area contributed by atoms with Gasteiger partial charge in [0.1, 0.15) is 11.8 Å². The predicted octanol–water partition coefficient (Wildman–Crippen LogP) is -0.748. The van der Waals surface area contributed by atoms with Gasteiger partial charge in [0.05, 0.1) is 13.1 Å². The standard InChI is InChI=1S/C13H17NO3/c15-11-5-3-10(4-6-11)12(9-13(16)17)14-7-1-2-8-14/h3-6,12,15H,1-2,7-9H2,(H,16,17)/t12-/m0/s1. The molecule has 0 amide bonds. The molecule has 1 heterocycles. The zero-order valence-electron chi connectivity index (χ0n) is 9.69. The Labute approximate surface area is 100 Å². The average Bonchev–Trinajstić information content (AvgIpc) is 2.80. The van der Waals surface area contributed by atoms with Crippen LogP contribution < -0.4 is 10.0 Å². The number of aromatic hydroxyl groups is 1. The van der Waals surface area contributed by atoms with Gasteiger partial charge in [0.25, 0.3) is 0 Å². The van der Waals surface area contributed by atoms with Gasteiger partial charge >= 0.3 is 0 Å². The fourth-order valence-corrected chi connectivity index (χ4v) is 2.55. The molecule has 4 heteroatoms. The number of nitrogens with one attached hydrogen (secondary N) is 1. The second-order valence-corrected chi connectivity index (χ2v) is 4.59. The molecule has 1 aromatic carbocycles. The highest BCUT2D eigenvalue weighted by molar-refractivity contribution is 5.65. The van der Waals surface area contributed by atoms with Crippen molar-refractivity contribution in [1.29, 1.82) is 0 Å². The molecule has 1 saturated heterocycles. The van der Waals surface area contributed by atoms with Crippen LogP contribution in [0.15, 0.2) is 24.3 Å². The van der Waals surface area contributed by atoms with E-state index in [9.17, 15) is 15.0 Å². The lowest BCUT2D eigenvalue weighted by atomic mass is 10.0. The quantitative estimate of drug-likeness (QED) is 0.722. The van der Waals surface area contributed by atoms with Crippen molar-refractivity contribution in [1.82, 2.24) is 0 Å². The Morgan fingerprint density at radius 2 is 1.88 bits per heavy atom. The van der Waals surface area contributed by atoms with Crippen molar-refractivity contribution >= 4 is 5.97 Å². The second kappa shape index (κ2) is 5.19. The summed E-state index contributed by atoms with van der Waals surface area (Å²) in [6.45, 7) is 2.03. The highest BCUT2D eigenvalue weighted by Crippen LogP contribution is 2.18. The van der Waals surface area contributed by atoms with Gasteiger partial charge in [-0.2, -0.15) is 0 Å². The molecule has 1 aliphatic heterocycles. The van der Waals surface area contributed by atoms with E-state index in [0.29, 0.717) is 0 Å². The van der Waals surface area contributed by atoms with E-state index in [1.54, 1.807) is 24.3 Å². The van der Waals surface area contributed by atoms with E-state index in [2.05, 4.69) is 0 Å². The summed E-state index contributed by atoms with van der Waals surface area (Å²) >= 11 is 0. The van der Waals surface area contributed by atoms with Crippen molar-refractivity contribution in [3.05, 3.63) is 29.8 Å². The highest BCUT2D eigenvalue weighted by Gasteiger charge is 2.27. The maximum atomic E-state index is 10.8. The van der Waals surface area contributed by atoms with Gasteiger partial charge in [-0.25, -0.2) is 0 Å². The summed E-state index contributed by atoms with van der Waals surface area (Å²) in [7, 11) is 0. The van der Waals surface area contributed by atoms with Crippen molar-refractivity contribution in [3.63, 3.8) is 0 Å². The molecule has 1 fully saturated rings. The Morgan fingerprint density at radius 3 is 2.41 bits per heavy atom. The third kappa shape index (κ3) is 2.97. The zero-order chi connectivity index (χ0) is 12.3. The minimum Gasteiger partial charge on any atom is -0.550 e. The van der Waals surface area contributed by atoms with Gasteiger partial charge in [0, 0.05) is 30.8 Å². The topological polar surface area (TPSA) is 64.8 Å². The lowest BCUT2D eigenvalue weighted by Crippen LogP contribution is -3.10. The number of quaternary nitrogens is 1. The SMILES string of the molecule is O=C([O-])C[C@@H](c1ccc(O)cc1)[NH+]1CCCC1. The second-order valence-electron chi connectivity index (χ2n) is 4.59. The summed E-state index contributed by atoms with van der Waals surface area (Å²) in [6, 6.07) is 6.76. The minimum absolute atomic E-state index is 0.0418. The number of phenolic OH excluding ortho intramolecular Hbond substituents is 1. The summed E-state index contributed by atoms with van der Waals surface area (Å²) in [5.74, 6) is -0.806. The molecule has 4 nitrogen and oxygen atoms in total. The van der Waals surface area contributed by atoms with Crippen LogP contribution in [0.5, 0.6) is 5.75 Å². The molecule has 2 N–H and O–H groups in total. The smallest absolute Gasteiger partial charge is 0.118 e. The Morgan fingerprint density at radius 1 is 1.29 bits per heavy atom. The lowest BCUT2D eigenvalue weighted by Gasteiger charge is -2.25. The molecule has 1 atom stereocenters. The van der Waals surface area contributed by atoms with E-state index in [1.807, 2.05) is 0 Å². The van der Waals surface area contributed by atoms with Gasteiger partial charge in [-0.1, -0.05) is 0 Å². The van der Waals surface area contributed by atoms with Crippen molar-refractivity contribution in [3.8, 4) is 5.75 Å². The van der Waals surface area contributed by atoms with E-state index in [0.717, 1.165) is 31.5 Å². The molecule has 92 valence electrons. The summed E-state index contributed by atoms with van der Waals surface area (Å²) < 4.78 is 0. The number of carbonyl (C=O) groups excluding carboxylic acids is 1. The van der Waals surface area contributed by atoms with Crippen molar-refractivity contribution < 1.29 is 19.9 Å². The largest absolute Gasteiger partial charge is 0.550 e. The molecule has 0 bridgehead atoms. The van der Waals surface area contributed by atoms with E-state index < -0.39 is 5.97 Å². The Balaban J connectivity index is 2.19. The normalized spacial score (nSPS) is 18.1. The summed E-state index contributed by atoms with van der Waals surface area (Å²) in [6.07, 6.45) is 2.34. The van der Waals surface area contributed by atoms with Crippen molar-refractivity contribution in [2.24, 2.45) is 0 Å². The number of phenols is 1. The van der Waals surface area contributed by atoms with E-state index in [-0.39, 0.29) is 18.2 Å². The van der Waals surface area contributed by atoms with Gasteiger partial charge in [0.2, 0.25) is 0 Å². The third-order valence-electron chi connectivity index (χ3n) is 3.40. The molecule has 17 heavy (non-hydrogen) atoms. The first kappa shape index (κ1) is 11.9. The fourth-order valence-electron chi connectivity index (χ4n) is 2.55. The van der Waals surface area contributed by atoms with Crippen LogP contribution in [0.4, 0.5) is 0 Å². The first-order chi connectivity index (χ1) is 8.16. The summed E-state index contributed by atoms with van der Waals surface area (Å²) in [5, 5.41) is 20.1. The first-order valence-electron chi connectivity index (χ1n) is 6.00. The number of carboxylic acid groups (broad SMARTS) is 1. The molecule has 0 radical (unpaired) electrons. The maximum Gasteiger partial charge on any atom is 0.118 e. The molecular weight excluding hydrogens is 218 g/mol. The van der Waals surface area contributed by atoms with Gasteiger partial charge in [-0.3, -0.25) is 0 Å². The van der Waals surface area contributed by atoms with Crippen LogP contribution in [-0.2, 0) is 4.79 Å². The fraction of sp³-hybridized carbons (Fsp3) is 0.462. The molecule has 0 aromatic heterocycles. The highest BCUT2D eigenvalue weighted by atomic mass is 16.4. The van der Waals surface area contributed by atoms with Gasteiger partial charge in [0.15, 0.2) is 0 Å². The van der Waals surface area contributed by atoms with Crippen LogP contribution in [0.3, 0.4) is 0 Å². The third-order valence-corrected chi connectivity index (χ3v) is 3.40. The zero-order valence-corrected chi connectivity index (χ0v) is 9.69. The van der Waals surface area contributed by atoms with Crippen molar-refractivity contribution in [2.75, 3.05) is 13.1 Å². The minimum atomic E-state index is -1.01. The Hall–Kier alpha value is -1.55. The molecule has 1 aromatic rings. The van der Waals surface area contributed by atoms with Crippen molar-refractivity contribution in [2.45, 2.75) is 25.3 Å². The number of aliphatic carboxylic acids is 1. The van der Waals surface area contributed by atoms with Crippen LogP contribution in [0.2, 0.25) is 0 Å². The molecule has 0 spiro atoms. The summed E-state index contributed by atoms with van der Waals surface area (Å²) in [5.41, 5.74) is 0.962. The maximum absolute atomic E-state index is 10.8. The van der Waals surface area contributed by atoms with Gasteiger partial charge in [-0.15, -0.1) is 0 Å². The number of benzene rings is 1. The summed E-state index contributed by atoms with van der Waals surface area (Å²) in [4.78, 5) is 12.1. The molecule has 0 aliphatic carbocycles. The number of hydrogen-bond donors (Lipinski definition) is 2. The van der Waals surface area contributed by atoms with Crippen LogP contribution in [0.25, 0.3) is 0 Å². The van der Waals surface area contributed by atoms with Gasteiger partial charge < -0.3 is 19.9 Å². The van der Waals surface area contributed by atoms with E-state index in [4.69, 9.17) is 0 Å². The number of hydrogen-bond acceptors (Lipinski definition) is 3. The van der Waals surface area contributed by atoms with Crippen LogP contribution in [-0.4, -0.2) is 24.2 Å². The molecule has 0 saturated carbocycles. The molecular formula is C13H17NO3. The number of rotatable bonds is 4. The van der Waals surface area contributed by atoms with Crippen LogP contribution in [0, 0.1) is 0 Å². The molecule has 0 unspecified atom stereocenters. The Bertz CT molecular complexity index is 382.